The van der Waals surface area contributed by atoms with E-state index in [1.165, 1.54) is 17.2 Å². The summed E-state index contributed by atoms with van der Waals surface area (Å²) in [5.74, 6) is -0.447. The van der Waals surface area contributed by atoms with E-state index < -0.39 is 5.91 Å². The van der Waals surface area contributed by atoms with E-state index in [4.69, 9.17) is 5.73 Å². The maximum absolute atomic E-state index is 10.9. The predicted molar refractivity (Wildman–Crippen MR) is 111 cm³/mol. The van der Waals surface area contributed by atoms with Crippen molar-refractivity contribution in [1.29, 1.82) is 0 Å². The first-order valence-electron chi connectivity index (χ1n) is 8.93. The highest BCUT2D eigenvalue weighted by atomic mass is 16.1. The number of amides is 1. The van der Waals surface area contributed by atoms with Crippen molar-refractivity contribution in [2.24, 2.45) is 5.73 Å². The van der Waals surface area contributed by atoms with Gasteiger partial charge in [0, 0.05) is 6.08 Å². The predicted octanol–water partition coefficient (Wildman–Crippen LogP) is 5.15. The molecule has 0 heterocycles. The molecule has 0 unspecified atom stereocenters. The fourth-order valence-corrected chi connectivity index (χ4v) is 3.12. The smallest absolute Gasteiger partial charge is 0.241 e. The molecule has 0 aromatic heterocycles. The molecule has 3 rings (SSSR count). The van der Waals surface area contributed by atoms with Crippen molar-refractivity contribution in [1.82, 2.24) is 0 Å². The molecule has 2 radical (unpaired) electrons. The molecule has 0 spiro atoms. The van der Waals surface area contributed by atoms with Crippen LogP contribution in [-0.4, -0.2) is 5.91 Å². The molecular formula is C25H21NO. The van der Waals surface area contributed by atoms with Crippen LogP contribution < -0.4 is 5.73 Å². The monoisotopic (exact) mass is 351 g/mol. The van der Waals surface area contributed by atoms with Crippen molar-refractivity contribution >= 4 is 23.1 Å². The van der Waals surface area contributed by atoms with Crippen LogP contribution in [0.5, 0.6) is 0 Å². The number of carbonyl (C=O) groups is 1. The van der Waals surface area contributed by atoms with Gasteiger partial charge >= 0.3 is 0 Å². The number of hydrogen-bond acceptors (Lipinski definition) is 1. The van der Waals surface area contributed by atoms with Crippen molar-refractivity contribution in [3.05, 3.63) is 113 Å². The fourth-order valence-electron chi connectivity index (χ4n) is 3.12. The summed E-state index contributed by atoms with van der Waals surface area (Å²) in [4.78, 5) is 10.9. The molecular weight excluding hydrogens is 330 g/mol. The second-order valence-corrected chi connectivity index (χ2v) is 6.14. The van der Waals surface area contributed by atoms with E-state index >= 15 is 0 Å². The summed E-state index contributed by atoms with van der Waals surface area (Å²) in [5.41, 5.74) is 12.1. The maximum atomic E-state index is 10.9. The van der Waals surface area contributed by atoms with E-state index in [1.54, 1.807) is 6.08 Å². The molecule has 2 N–H and O–H groups in total. The molecule has 3 aromatic carbocycles. The van der Waals surface area contributed by atoms with Crippen LogP contribution in [0, 0.1) is 12.1 Å². The Morgan fingerprint density at radius 1 is 0.852 bits per heavy atom. The molecule has 2 heteroatoms. The van der Waals surface area contributed by atoms with E-state index in [1.807, 2.05) is 36.4 Å². The van der Waals surface area contributed by atoms with Gasteiger partial charge in [-0.15, -0.1) is 0 Å². The summed E-state index contributed by atoms with van der Waals surface area (Å²) >= 11 is 0. The first-order chi connectivity index (χ1) is 13.2. The van der Waals surface area contributed by atoms with Crippen LogP contribution in [0.15, 0.2) is 78.9 Å². The number of nitrogens with two attached hydrogens (primary N) is 1. The van der Waals surface area contributed by atoms with Crippen LogP contribution in [0.1, 0.15) is 35.6 Å². The van der Waals surface area contributed by atoms with Gasteiger partial charge < -0.3 is 5.73 Å². The Bertz CT molecular complexity index is 911. The molecule has 0 atom stereocenters. The quantitative estimate of drug-likeness (QED) is 0.484. The minimum absolute atomic E-state index is 0.447. The Labute approximate surface area is 160 Å². The summed E-state index contributed by atoms with van der Waals surface area (Å²) in [7, 11) is 0. The van der Waals surface area contributed by atoms with Crippen LogP contribution in [0.2, 0.25) is 0 Å². The molecule has 132 valence electrons. The van der Waals surface area contributed by atoms with Crippen LogP contribution in [0.4, 0.5) is 0 Å². The highest BCUT2D eigenvalue weighted by Gasteiger charge is 2.12. The molecule has 1 amide bonds. The third-order valence-corrected chi connectivity index (χ3v) is 4.37. The van der Waals surface area contributed by atoms with Crippen molar-refractivity contribution < 1.29 is 4.79 Å². The van der Waals surface area contributed by atoms with Crippen molar-refractivity contribution in [3.63, 3.8) is 0 Å². The van der Waals surface area contributed by atoms with Crippen molar-refractivity contribution in [3.8, 4) is 0 Å². The normalized spacial score (nSPS) is 10.7. The van der Waals surface area contributed by atoms with Gasteiger partial charge in [0.05, 0.1) is 0 Å². The molecule has 0 bridgehead atoms. The van der Waals surface area contributed by atoms with Crippen molar-refractivity contribution in [2.75, 3.05) is 0 Å². The minimum atomic E-state index is -0.447. The first kappa shape index (κ1) is 18.4. The fraction of sp³-hybridized carbons (Fsp3) is 0.0800. The molecule has 0 aliphatic heterocycles. The summed E-state index contributed by atoms with van der Waals surface area (Å²) in [6.45, 7) is 2.17. The Kier molecular flexibility index (Phi) is 6.01. The van der Waals surface area contributed by atoms with Gasteiger partial charge in [-0.05, 0) is 58.0 Å². The van der Waals surface area contributed by atoms with Gasteiger partial charge in [-0.25, -0.2) is 0 Å². The topological polar surface area (TPSA) is 43.1 Å². The standard InChI is InChI=1S/C25H21NO/c1-2-23(20-16-13-19(14-17-20)15-18-24(26)27)25(21-9-5-3-6-10-21)22-11-7-4-8-12-22/h5-18H,2H2,1H3,(H2,26,27)/b18-15+. The van der Waals surface area contributed by atoms with Gasteiger partial charge in [-0.3, -0.25) is 4.79 Å². The van der Waals surface area contributed by atoms with E-state index in [2.05, 4.69) is 55.5 Å². The van der Waals surface area contributed by atoms with Gasteiger partial charge in [-0.1, -0.05) is 79.7 Å². The highest BCUT2D eigenvalue weighted by Crippen LogP contribution is 2.34. The van der Waals surface area contributed by atoms with Gasteiger partial charge in [0.25, 0.3) is 0 Å². The van der Waals surface area contributed by atoms with E-state index in [0.29, 0.717) is 0 Å². The second kappa shape index (κ2) is 8.81. The molecule has 0 saturated heterocycles. The van der Waals surface area contributed by atoms with Gasteiger partial charge in [0.1, 0.15) is 0 Å². The molecule has 0 aliphatic rings. The Balaban J connectivity index is 2.12. The summed E-state index contributed by atoms with van der Waals surface area (Å²) in [5, 5.41) is 0. The molecule has 27 heavy (non-hydrogen) atoms. The lowest BCUT2D eigenvalue weighted by molar-refractivity contribution is -0.113. The lowest BCUT2D eigenvalue weighted by Crippen LogP contribution is -2.05. The van der Waals surface area contributed by atoms with E-state index in [-0.39, 0.29) is 0 Å². The van der Waals surface area contributed by atoms with Gasteiger partial charge in [-0.2, -0.15) is 0 Å². The number of benzene rings is 3. The summed E-state index contributed by atoms with van der Waals surface area (Å²) < 4.78 is 0. The lowest BCUT2D eigenvalue weighted by Gasteiger charge is -2.16. The lowest BCUT2D eigenvalue weighted by atomic mass is 9.88. The van der Waals surface area contributed by atoms with Crippen molar-refractivity contribution in [2.45, 2.75) is 13.3 Å². The molecule has 2 nitrogen and oxygen atoms in total. The van der Waals surface area contributed by atoms with Gasteiger partial charge in [0.2, 0.25) is 5.91 Å². The Morgan fingerprint density at radius 2 is 1.37 bits per heavy atom. The van der Waals surface area contributed by atoms with E-state index in [0.717, 1.165) is 28.7 Å². The SMILES string of the molecule is CCC(=C(c1cc[c]cc1)c1cc[c]cc1)c1ccc(/C=C/C(N)=O)cc1. The zero-order valence-electron chi connectivity index (χ0n) is 15.3. The molecule has 3 aromatic rings. The third kappa shape index (κ3) is 4.62. The molecule has 0 fully saturated rings. The minimum Gasteiger partial charge on any atom is -0.366 e. The van der Waals surface area contributed by atoms with Crippen LogP contribution in [0.25, 0.3) is 17.2 Å². The van der Waals surface area contributed by atoms with Gasteiger partial charge in [0.15, 0.2) is 0 Å². The number of rotatable bonds is 6. The zero-order valence-corrected chi connectivity index (χ0v) is 15.3. The maximum Gasteiger partial charge on any atom is 0.241 e. The largest absolute Gasteiger partial charge is 0.366 e. The van der Waals surface area contributed by atoms with Crippen LogP contribution in [-0.2, 0) is 4.79 Å². The number of carbonyl (C=O) groups excluding carboxylic acids is 1. The van der Waals surface area contributed by atoms with Crippen LogP contribution >= 0.6 is 0 Å². The highest BCUT2D eigenvalue weighted by molar-refractivity contribution is 5.98. The first-order valence-corrected chi connectivity index (χ1v) is 8.93. The average molecular weight is 351 g/mol. The van der Waals surface area contributed by atoms with Crippen LogP contribution in [0.3, 0.4) is 0 Å². The molecule has 0 aliphatic carbocycles. The summed E-state index contributed by atoms with van der Waals surface area (Å²) in [6, 6.07) is 30.5. The number of hydrogen-bond donors (Lipinski definition) is 1. The number of primary amides is 1. The summed E-state index contributed by atoms with van der Waals surface area (Å²) in [6.07, 6.45) is 3.99. The number of allylic oxidation sites excluding steroid dienone is 1. The average Bonchev–Trinajstić information content (AvgIpc) is 2.72. The molecule has 0 saturated carbocycles. The Morgan fingerprint density at radius 3 is 1.81 bits per heavy atom. The third-order valence-electron chi connectivity index (χ3n) is 4.37. The second-order valence-electron chi connectivity index (χ2n) is 6.14. The Hall–Kier alpha value is -3.39. The zero-order chi connectivity index (χ0) is 19.1. The van der Waals surface area contributed by atoms with E-state index in [9.17, 15) is 4.79 Å².